The molecule has 1 aliphatic rings. The predicted molar refractivity (Wildman–Crippen MR) is 56.4 cm³/mol. The van der Waals surface area contributed by atoms with E-state index in [0.717, 1.165) is 30.9 Å². The fourth-order valence-electron chi connectivity index (χ4n) is 1.24. The molecule has 0 amide bonds. The van der Waals surface area contributed by atoms with Crippen LogP contribution in [0.2, 0.25) is 0 Å². The van der Waals surface area contributed by atoms with Gasteiger partial charge in [0, 0.05) is 6.42 Å². The summed E-state index contributed by atoms with van der Waals surface area (Å²) in [6.07, 6.45) is 3.26. The smallest absolute Gasteiger partial charge is 0.119 e. The Balaban J connectivity index is 1.79. The van der Waals surface area contributed by atoms with E-state index in [4.69, 9.17) is 9.47 Å². The highest BCUT2D eigenvalue weighted by atomic mass is 16.6. The van der Waals surface area contributed by atoms with E-state index < -0.39 is 0 Å². The summed E-state index contributed by atoms with van der Waals surface area (Å²) in [7, 11) is 0. The average molecular weight is 190 g/mol. The number of benzene rings is 1. The van der Waals surface area contributed by atoms with Crippen molar-refractivity contribution in [3.05, 3.63) is 36.4 Å². The highest BCUT2D eigenvalue weighted by Gasteiger charge is 2.21. The zero-order valence-electron chi connectivity index (χ0n) is 8.11. The summed E-state index contributed by atoms with van der Waals surface area (Å²) in [6.45, 7) is 5.33. The fourth-order valence-corrected chi connectivity index (χ4v) is 1.24. The predicted octanol–water partition coefficient (Wildman–Crippen LogP) is 2.50. The third kappa shape index (κ3) is 2.60. The van der Waals surface area contributed by atoms with E-state index >= 15 is 0 Å². The monoisotopic (exact) mass is 190 g/mol. The van der Waals surface area contributed by atoms with Crippen molar-refractivity contribution in [2.75, 3.05) is 13.2 Å². The normalized spacial score (nSPS) is 19.0. The molecule has 0 bridgehead atoms. The first kappa shape index (κ1) is 9.28. The van der Waals surface area contributed by atoms with Gasteiger partial charge in [-0.25, -0.2) is 0 Å². The topological polar surface area (TPSA) is 21.8 Å². The first-order valence-electron chi connectivity index (χ1n) is 4.85. The standard InChI is InChI=1S/C12H14O2/c1-2-10-3-5-11(6-4-10)13-8-7-12-9-14-12/h2-6,12H,1,7-9H2. The van der Waals surface area contributed by atoms with Crippen LogP contribution in [0.15, 0.2) is 30.8 Å². The second-order valence-electron chi connectivity index (χ2n) is 3.37. The molecule has 2 heteroatoms. The van der Waals surface area contributed by atoms with Crippen molar-refractivity contribution in [2.45, 2.75) is 12.5 Å². The van der Waals surface area contributed by atoms with Crippen molar-refractivity contribution in [1.82, 2.24) is 0 Å². The van der Waals surface area contributed by atoms with Crippen molar-refractivity contribution >= 4 is 6.08 Å². The largest absolute Gasteiger partial charge is 0.493 e. The van der Waals surface area contributed by atoms with Crippen molar-refractivity contribution in [1.29, 1.82) is 0 Å². The quantitative estimate of drug-likeness (QED) is 0.665. The van der Waals surface area contributed by atoms with E-state index in [9.17, 15) is 0 Å². The molecule has 1 aromatic rings. The van der Waals surface area contributed by atoms with Gasteiger partial charge < -0.3 is 9.47 Å². The minimum absolute atomic E-state index is 0.447. The van der Waals surface area contributed by atoms with E-state index in [1.165, 1.54) is 0 Å². The van der Waals surface area contributed by atoms with Gasteiger partial charge in [-0.15, -0.1) is 0 Å². The van der Waals surface area contributed by atoms with Gasteiger partial charge in [0.15, 0.2) is 0 Å². The molecule has 1 atom stereocenters. The SMILES string of the molecule is C=Cc1ccc(OCCC2CO2)cc1. The van der Waals surface area contributed by atoms with Gasteiger partial charge in [0.05, 0.1) is 19.3 Å². The van der Waals surface area contributed by atoms with Crippen molar-refractivity contribution in [3.63, 3.8) is 0 Å². The Hall–Kier alpha value is -1.28. The summed E-state index contributed by atoms with van der Waals surface area (Å²) in [4.78, 5) is 0. The molecule has 1 unspecified atom stereocenters. The minimum Gasteiger partial charge on any atom is -0.493 e. The van der Waals surface area contributed by atoms with E-state index in [1.54, 1.807) is 0 Å². The van der Waals surface area contributed by atoms with E-state index in [0.29, 0.717) is 6.10 Å². The van der Waals surface area contributed by atoms with Crippen molar-refractivity contribution in [2.24, 2.45) is 0 Å². The van der Waals surface area contributed by atoms with Crippen LogP contribution < -0.4 is 4.74 Å². The number of ether oxygens (including phenoxy) is 2. The summed E-state index contributed by atoms with van der Waals surface area (Å²) >= 11 is 0. The minimum atomic E-state index is 0.447. The van der Waals surface area contributed by atoms with Gasteiger partial charge in [-0.3, -0.25) is 0 Å². The summed E-state index contributed by atoms with van der Waals surface area (Å²) in [6, 6.07) is 7.92. The highest BCUT2D eigenvalue weighted by molar-refractivity contribution is 5.48. The molecule has 0 radical (unpaired) electrons. The zero-order chi connectivity index (χ0) is 9.80. The number of hydrogen-bond donors (Lipinski definition) is 0. The fraction of sp³-hybridized carbons (Fsp3) is 0.333. The average Bonchev–Trinajstić information content (AvgIpc) is 3.03. The highest BCUT2D eigenvalue weighted by Crippen LogP contribution is 2.16. The Bertz CT molecular complexity index is 299. The second kappa shape index (κ2) is 4.29. The molecule has 14 heavy (non-hydrogen) atoms. The van der Waals surface area contributed by atoms with Crippen LogP contribution in [-0.2, 0) is 4.74 Å². The van der Waals surface area contributed by atoms with E-state index in [-0.39, 0.29) is 0 Å². The molecule has 0 aromatic heterocycles. The van der Waals surface area contributed by atoms with Crippen LogP contribution in [0.5, 0.6) is 5.75 Å². The van der Waals surface area contributed by atoms with Crippen molar-refractivity contribution < 1.29 is 9.47 Å². The van der Waals surface area contributed by atoms with Gasteiger partial charge in [0.25, 0.3) is 0 Å². The molecule has 1 aromatic carbocycles. The summed E-state index contributed by atoms with van der Waals surface area (Å²) in [5.74, 6) is 0.913. The van der Waals surface area contributed by atoms with Gasteiger partial charge >= 0.3 is 0 Å². The third-order valence-electron chi connectivity index (χ3n) is 2.23. The van der Waals surface area contributed by atoms with Crippen LogP contribution in [0.4, 0.5) is 0 Å². The Labute approximate surface area is 84.2 Å². The molecule has 2 nitrogen and oxygen atoms in total. The molecule has 0 N–H and O–H groups in total. The summed E-state index contributed by atoms with van der Waals surface area (Å²) in [5.41, 5.74) is 1.11. The van der Waals surface area contributed by atoms with Gasteiger partial charge in [0.2, 0.25) is 0 Å². The molecule has 1 fully saturated rings. The van der Waals surface area contributed by atoms with Crippen LogP contribution in [0, 0.1) is 0 Å². The maximum atomic E-state index is 5.54. The maximum absolute atomic E-state index is 5.54. The molecule has 1 heterocycles. The molecule has 0 saturated carbocycles. The first-order valence-corrected chi connectivity index (χ1v) is 4.85. The molecular formula is C12H14O2. The van der Waals surface area contributed by atoms with E-state index in [1.807, 2.05) is 30.3 Å². The van der Waals surface area contributed by atoms with Crippen molar-refractivity contribution in [3.8, 4) is 5.75 Å². The van der Waals surface area contributed by atoms with Crippen LogP contribution in [-0.4, -0.2) is 19.3 Å². The molecule has 74 valence electrons. The summed E-state index contributed by atoms with van der Waals surface area (Å²) in [5, 5.41) is 0. The second-order valence-corrected chi connectivity index (χ2v) is 3.37. The Kier molecular flexibility index (Phi) is 2.84. The van der Waals surface area contributed by atoms with E-state index in [2.05, 4.69) is 6.58 Å². The summed E-state index contributed by atoms with van der Waals surface area (Å²) < 4.78 is 10.6. The molecule has 0 aliphatic carbocycles. The lowest BCUT2D eigenvalue weighted by atomic mass is 10.2. The number of epoxide rings is 1. The van der Waals surface area contributed by atoms with Crippen LogP contribution >= 0.6 is 0 Å². The molecular weight excluding hydrogens is 176 g/mol. The first-order chi connectivity index (χ1) is 6.88. The molecule has 1 aliphatic heterocycles. The molecule has 0 spiro atoms. The van der Waals surface area contributed by atoms with Crippen LogP contribution in [0.3, 0.4) is 0 Å². The third-order valence-corrected chi connectivity index (χ3v) is 2.23. The van der Waals surface area contributed by atoms with Gasteiger partial charge in [-0.2, -0.15) is 0 Å². The van der Waals surface area contributed by atoms with Gasteiger partial charge in [-0.1, -0.05) is 24.8 Å². The Morgan fingerprint density at radius 1 is 1.43 bits per heavy atom. The lowest BCUT2D eigenvalue weighted by molar-refractivity contribution is 0.283. The van der Waals surface area contributed by atoms with Crippen LogP contribution in [0.1, 0.15) is 12.0 Å². The number of rotatable bonds is 5. The Morgan fingerprint density at radius 3 is 2.71 bits per heavy atom. The number of hydrogen-bond acceptors (Lipinski definition) is 2. The Morgan fingerprint density at radius 2 is 2.14 bits per heavy atom. The van der Waals surface area contributed by atoms with Crippen LogP contribution in [0.25, 0.3) is 6.08 Å². The zero-order valence-corrected chi connectivity index (χ0v) is 8.11. The lowest BCUT2D eigenvalue weighted by Crippen LogP contribution is -2.00. The molecule has 2 rings (SSSR count). The lowest BCUT2D eigenvalue weighted by Gasteiger charge is -2.04. The van der Waals surface area contributed by atoms with Gasteiger partial charge in [-0.05, 0) is 17.7 Å². The maximum Gasteiger partial charge on any atom is 0.119 e. The van der Waals surface area contributed by atoms with Gasteiger partial charge in [0.1, 0.15) is 5.75 Å². The molecule has 1 saturated heterocycles.